The van der Waals surface area contributed by atoms with Crippen molar-refractivity contribution >= 4 is 23.2 Å². The number of hydrogen-bond donors (Lipinski definition) is 2. The van der Waals surface area contributed by atoms with Crippen molar-refractivity contribution < 1.29 is 9.59 Å². The van der Waals surface area contributed by atoms with E-state index < -0.39 is 6.04 Å². The first-order chi connectivity index (χ1) is 10.5. The van der Waals surface area contributed by atoms with Gasteiger partial charge in [0, 0.05) is 24.3 Å². The van der Waals surface area contributed by atoms with Crippen LogP contribution in [0.25, 0.3) is 0 Å². The van der Waals surface area contributed by atoms with Crippen LogP contribution in [0.4, 0.5) is 11.4 Å². The predicted octanol–water partition coefficient (Wildman–Crippen LogP) is 2.52. The highest BCUT2D eigenvalue weighted by Crippen LogP contribution is 2.24. The van der Waals surface area contributed by atoms with E-state index in [9.17, 15) is 9.59 Å². The number of piperidine rings is 1. The van der Waals surface area contributed by atoms with Crippen molar-refractivity contribution in [1.29, 1.82) is 0 Å². The van der Waals surface area contributed by atoms with E-state index in [0.717, 1.165) is 31.5 Å². The molecule has 5 nitrogen and oxygen atoms in total. The SMILES string of the molecule is CCC(C)C(N)C(=O)Nc1cccc(N2CCCCC2=O)c1. The van der Waals surface area contributed by atoms with Gasteiger partial charge in [0.2, 0.25) is 11.8 Å². The fourth-order valence-electron chi connectivity index (χ4n) is 2.57. The van der Waals surface area contributed by atoms with Crippen LogP contribution in [0.2, 0.25) is 0 Å². The molecule has 1 heterocycles. The van der Waals surface area contributed by atoms with Gasteiger partial charge in [-0.05, 0) is 37.0 Å². The molecule has 2 unspecified atom stereocenters. The van der Waals surface area contributed by atoms with Crippen LogP contribution in [0, 0.1) is 5.92 Å². The van der Waals surface area contributed by atoms with Crippen molar-refractivity contribution in [3.8, 4) is 0 Å². The van der Waals surface area contributed by atoms with Gasteiger partial charge in [-0.15, -0.1) is 0 Å². The lowest BCUT2D eigenvalue weighted by atomic mass is 9.99. The molecular weight excluding hydrogens is 278 g/mol. The average molecular weight is 303 g/mol. The van der Waals surface area contributed by atoms with Crippen LogP contribution in [0.3, 0.4) is 0 Å². The van der Waals surface area contributed by atoms with Crippen LogP contribution in [0.5, 0.6) is 0 Å². The zero-order chi connectivity index (χ0) is 16.1. The standard InChI is InChI=1S/C17H25N3O2/c1-3-12(2)16(18)17(22)19-13-7-6-8-14(11-13)20-10-5-4-9-15(20)21/h6-8,11-12,16H,3-5,9-10,18H2,1-2H3,(H,19,22). The minimum Gasteiger partial charge on any atom is -0.325 e. The maximum absolute atomic E-state index is 12.1. The van der Waals surface area contributed by atoms with Gasteiger partial charge in [-0.1, -0.05) is 26.3 Å². The molecular formula is C17H25N3O2. The van der Waals surface area contributed by atoms with Gasteiger partial charge in [0.05, 0.1) is 6.04 Å². The number of nitrogens with zero attached hydrogens (tertiary/aromatic N) is 1. The monoisotopic (exact) mass is 303 g/mol. The van der Waals surface area contributed by atoms with Gasteiger partial charge in [0.15, 0.2) is 0 Å². The van der Waals surface area contributed by atoms with E-state index in [1.165, 1.54) is 0 Å². The van der Waals surface area contributed by atoms with Gasteiger partial charge in [-0.3, -0.25) is 9.59 Å². The number of carbonyl (C=O) groups excluding carboxylic acids is 2. The molecule has 1 aliphatic rings. The van der Waals surface area contributed by atoms with Crippen molar-refractivity contribution in [3.05, 3.63) is 24.3 Å². The second-order valence-corrected chi connectivity index (χ2v) is 5.95. The molecule has 0 aliphatic carbocycles. The number of nitrogens with one attached hydrogen (secondary N) is 1. The van der Waals surface area contributed by atoms with Crippen LogP contribution in [0.1, 0.15) is 39.5 Å². The first-order valence-electron chi connectivity index (χ1n) is 7.99. The highest BCUT2D eigenvalue weighted by atomic mass is 16.2. The summed E-state index contributed by atoms with van der Waals surface area (Å²) in [6.07, 6.45) is 3.42. The molecule has 3 N–H and O–H groups in total. The Morgan fingerprint density at radius 3 is 2.86 bits per heavy atom. The molecule has 2 atom stereocenters. The van der Waals surface area contributed by atoms with E-state index in [2.05, 4.69) is 5.32 Å². The first-order valence-corrected chi connectivity index (χ1v) is 7.99. The number of anilines is 2. The molecule has 1 aromatic rings. The lowest BCUT2D eigenvalue weighted by molar-refractivity contribution is -0.119. The highest BCUT2D eigenvalue weighted by molar-refractivity contribution is 5.97. The number of amides is 2. The molecule has 22 heavy (non-hydrogen) atoms. The fraction of sp³-hybridized carbons (Fsp3) is 0.529. The van der Waals surface area contributed by atoms with E-state index in [-0.39, 0.29) is 17.7 Å². The molecule has 1 saturated heterocycles. The second kappa shape index (κ2) is 7.40. The molecule has 0 spiro atoms. The molecule has 120 valence electrons. The Hall–Kier alpha value is -1.88. The Balaban J connectivity index is 2.08. The molecule has 2 amide bonds. The number of benzene rings is 1. The summed E-state index contributed by atoms with van der Waals surface area (Å²) in [5.74, 6) is 0.0920. The summed E-state index contributed by atoms with van der Waals surface area (Å²) in [5.41, 5.74) is 7.46. The van der Waals surface area contributed by atoms with Crippen LogP contribution >= 0.6 is 0 Å². The third-order valence-electron chi connectivity index (χ3n) is 4.31. The Bertz CT molecular complexity index is 544. The number of carbonyl (C=O) groups is 2. The summed E-state index contributed by atoms with van der Waals surface area (Å²) < 4.78 is 0. The summed E-state index contributed by atoms with van der Waals surface area (Å²) in [6.45, 7) is 4.72. The molecule has 1 aromatic carbocycles. The van der Waals surface area contributed by atoms with Gasteiger partial charge in [0.1, 0.15) is 0 Å². The summed E-state index contributed by atoms with van der Waals surface area (Å²) in [5, 5.41) is 2.85. The minimum atomic E-state index is -0.523. The molecule has 0 saturated carbocycles. The molecule has 1 aliphatic heterocycles. The smallest absolute Gasteiger partial charge is 0.241 e. The molecule has 1 fully saturated rings. The lowest BCUT2D eigenvalue weighted by Gasteiger charge is -2.27. The third-order valence-corrected chi connectivity index (χ3v) is 4.31. The molecule has 0 bridgehead atoms. The van der Waals surface area contributed by atoms with Crippen molar-refractivity contribution in [2.45, 2.75) is 45.6 Å². The Labute approximate surface area is 131 Å². The van der Waals surface area contributed by atoms with Crippen LogP contribution in [-0.4, -0.2) is 24.4 Å². The fourth-order valence-corrected chi connectivity index (χ4v) is 2.57. The predicted molar refractivity (Wildman–Crippen MR) is 88.7 cm³/mol. The van der Waals surface area contributed by atoms with Gasteiger partial charge < -0.3 is 16.0 Å². The Kier molecular flexibility index (Phi) is 5.55. The quantitative estimate of drug-likeness (QED) is 0.877. The van der Waals surface area contributed by atoms with E-state index in [0.29, 0.717) is 12.1 Å². The van der Waals surface area contributed by atoms with Crippen molar-refractivity contribution in [1.82, 2.24) is 0 Å². The summed E-state index contributed by atoms with van der Waals surface area (Å²) >= 11 is 0. The largest absolute Gasteiger partial charge is 0.325 e. The maximum Gasteiger partial charge on any atom is 0.241 e. The number of rotatable bonds is 5. The van der Waals surface area contributed by atoms with Crippen LogP contribution in [0.15, 0.2) is 24.3 Å². The van der Waals surface area contributed by atoms with Crippen LogP contribution < -0.4 is 16.0 Å². The second-order valence-electron chi connectivity index (χ2n) is 5.95. The van der Waals surface area contributed by atoms with Crippen LogP contribution in [-0.2, 0) is 9.59 Å². The van der Waals surface area contributed by atoms with Crippen molar-refractivity contribution in [2.24, 2.45) is 11.7 Å². The minimum absolute atomic E-state index is 0.131. The molecule has 0 radical (unpaired) electrons. The average Bonchev–Trinajstić information content (AvgIpc) is 2.54. The van der Waals surface area contributed by atoms with Gasteiger partial charge >= 0.3 is 0 Å². The number of nitrogens with two attached hydrogens (primary N) is 1. The number of hydrogen-bond acceptors (Lipinski definition) is 3. The highest BCUT2D eigenvalue weighted by Gasteiger charge is 2.21. The Morgan fingerprint density at radius 1 is 1.41 bits per heavy atom. The van der Waals surface area contributed by atoms with Gasteiger partial charge in [0.25, 0.3) is 0 Å². The van der Waals surface area contributed by atoms with Gasteiger partial charge in [-0.25, -0.2) is 0 Å². The van der Waals surface area contributed by atoms with Crippen molar-refractivity contribution in [2.75, 3.05) is 16.8 Å². The lowest BCUT2D eigenvalue weighted by Crippen LogP contribution is -2.40. The topological polar surface area (TPSA) is 75.4 Å². The summed E-state index contributed by atoms with van der Waals surface area (Å²) in [6, 6.07) is 6.88. The van der Waals surface area contributed by atoms with E-state index >= 15 is 0 Å². The maximum atomic E-state index is 12.1. The zero-order valence-corrected chi connectivity index (χ0v) is 13.3. The summed E-state index contributed by atoms with van der Waals surface area (Å²) in [4.78, 5) is 25.9. The normalized spacial score (nSPS) is 18.0. The van der Waals surface area contributed by atoms with E-state index in [4.69, 9.17) is 5.73 Å². The third kappa shape index (κ3) is 3.85. The van der Waals surface area contributed by atoms with E-state index in [1.807, 2.05) is 38.1 Å². The van der Waals surface area contributed by atoms with E-state index in [1.54, 1.807) is 4.90 Å². The Morgan fingerprint density at radius 2 is 2.18 bits per heavy atom. The molecule has 0 aromatic heterocycles. The molecule has 5 heteroatoms. The zero-order valence-electron chi connectivity index (χ0n) is 13.3. The molecule has 2 rings (SSSR count). The summed E-state index contributed by atoms with van der Waals surface area (Å²) in [7, 11) is 0. The first kappa shape index (κ1) is 16.5. The van der Waals surface area contributed by atoms with Crippen molar-refractivity contribution in [3.63, 3.8) is 0 Å². The van der Waals surface area contributed by atoms with Gasteiger partial charge in [-0.2, -0.15) is 0 Å².